The number of nitrogens with zero attached hydrogens (tertiary/aromatic N) is 6. The number of para-hydroxylation sites is 2. The molecule has 2 amide bonds. The molecule has 3 aromatic carbocycles. The number of H-pyrrole nitrogens is 2. The summed E-state index contributed by atoms with van der Waals surface area (Å²) >= 11 is 6.21. The zero-order chi connectivity index (χ0) is 42.0. The zero-order valence-electron chi connectivity index (χ0n) is 33.5. The van der Waals surface area contributed by atoms with Gasteiger partial charge in [0.05, 0.1) is 39.9 Å². The molecule has 2 aliphatic heterocycles. The summed E-state index contributed by atoms with van der Waals surface area (Å²) in [6.45, 7) is 12.7. The second-order valence-corrected chi connectivity index (χ2v) is 16.1. The summed E-state index contributed by atoms with van der Waals surface area (Å²) in [7, 11) is 0. The number of carbonyl (C=O) groups excluding carboxylic acids is 2. The average Bonchev–Trinajstić information content (AvgIpc) is 3.94. The summed E-state index contributed by atoms with van der Waals surface area (Å²) in [5.41, 5.74) is 3.35. The molecule has 6 N–H and O–H groups in total. The van der Waals surface area contributed by atoms with Crippen molar-refractivity contribution in [1.82, 2.24) is 50.1 Å². The molecule has 0 spiro atoms. The van der Waals surface area contributed by atoms with Crippen molar-refractivity contribution in [2.24, 2.45) is 0 Å². The molecule has 0 bridgehead atoms. The van der Waals surface area contributed by atoms with E-state index in [1.54, 1.807) is 34.9 Å². The van der Waals surface area contributed by atoms with Crippen LogP contribution in [0, 0.1) is 0 Å². The molecule has 0 radical (unpaired) electrons. The number of likely N-dealkylation sites (tertiary alicyclic amines) is 2. The fourth-order valence-corrected chi connectivity index (χ4v) is 8.08. The number of nitrogens with one attached hydrogen (secondary N) is 4. The maximum absolute atomic E-state index is 13.4. The van der Waals surface area contributed by atoms with Crippen LogP contribution in [-0.4, -0.2) is 124 Å². The standard InChI is InChI=1S/C25H27ClN6O3.C17H22N4O3/c1-14(2)31-10-8-16(9-11-31)27-24(33)23-28-22-17(25(34)35)4-3-5-21(22)32(23)13-20-18-12-15(26)6-7-19(18)29-30-20;1-10(2)21-8-6-11(7-9-21)18-16(22)15-19-13-5-3-4-12(17(23)24)14(13)20-15/h3-7,12,14,16H,8-11,13H2,1-2H3,(H,27,33)(H,29,30)(H,34,35);3-5,10-11H,6-9H2,1-2H3,(H,18,22)(H,19,20)(H,23,24). The van der Waals surface area contributed by atoms with Gasteiger partial charge in [0.2, 0.25) is 0 Å². The van der Waals surface area contributed by atoms with Gasteiger partial charge in [-0.25, -0.2) is 19.6 Å². The molecule has 2 aliphatic rings. The van der Waals surface area contributed by atoms with Crippen LogP contribution in [0.1, 0.15) is 101 Å². The van der Waals surface area contributed by atoms with Crippen LogP contribution in [-0.2, 0) is 6.54 Å². The molecular weight excluding hydrogens is 776 g/mol. The minimum atomic E-state index is -1.09. The first-order chi connectivity index (χ1) is 28.3. The van der Waals surface area contributed by atoms with Crippen LogP contribution >= 0.6 is 11.6 Å². The van der Waals surface area contributed by atoms with Crippen LogP contribution < -0.4 is 10.6 Å². The van der Waals surface area contributed by atoms with Gasteiger partial charge in [-0.1, -0.05) is 23.7 Å². The van der Waals surface area contributed by atoms with Gasteiger partial charge in [0.25, 0.3) is 11.8 Å². The summed E-state index contributed by atoms with van der Waals surface area (Å²) < 4.78 is 1.74. The van der Waals surface area contributed by atoms with Crippen LogP contribution in [0.4, 0.5) is 0 Å². The minimum absolute atomic E-state index is 0.0384. The molecule has 310 valence electrons. The van der Waals surface area contributed by atoms with Gasteiger partial charge in [-0.05, 0) is 95.8 Å². The van der Waals surface area contributed by atoms with E-state index in [4.69, 9.17) is 11.6 Å². The van der Waals surface area contributed by atoms with Gasteiger partial charge in [-0.15, -0.1) is 0 Å². The monoisotopic (exact) mass is 824 g/mol. The summed E-state index contributed by atoms with van der Waals surface area (Å²) in [4.78, 5) is 65.3. The van der Waals surface area contributed by atoms with E-state index in [1.165, 1.54) is 12.1 Å². The maximum atomic E-state index is 13.4. The first-order valence-electron chi connectivity index (χ1n) is 19.9. The third kappa shape index (κ3) is 9.09. The number of fused-ring (bicyclic) bond motifs is 3. The first kappa shape index (κ1) is 41.3. The normalized spacial score (nSPS) is 15.8. The number of imidazole rings is 2. The molecule has 16 nitrogen and oxygen atoms in total. The Morgan fingerprint density at radius 1 is 0.780 bits per heavy atom. The second kappa shape index (κ2) is 17.6. The number of carbonyl (C=O) groups is 4. The third-order valence-corrected chi connectivity index (χ3v) is 11.5. The quantitative estimate of drug-likeness (QED) is 0.0974. The number of aromatic nitrogens is 6. The van der Waals surface area contributed by atoms with Gasteiger partial charge in [0.1, 0.15) is 11.0 Å². The Labute approximate surface area is 345 Å². The van der Waals surface area contributed by atoms with Crippen molar-refractivity contribution in [3.8, 4) is 0 Å². The molecule has 8 rings (SSSR count). The lowest BCUT2D eigenvalue weighted by Crippen LogP contribution is -2.47. The number of carboxylic acid groups (broad SMARTS) is 2. The lowest BCUT2D eigenvalue weighted by atomic mass is 10.0. The summed E-state index contributed by atoms with van der Waals surface area (Å²) in [6.07, 6.45) is 3.53. The largest absolute Gasteiger partial charge is 0.478 e. The molecule has 0 atom stereocenters. The molecule has 59 heavy (non-hydrogen) atoms. The number of carboxylic acids is 2. The lowest BCUT2D eigenvalue weighted by molar-refractivity contribution is 0.0688. The van der Waals surface area contributed by atoms with Crippen LogP contribution in [0.25, 0.3) is 33.0 Å². The predicted molar refractivity (Wildman–Crippen MR) is 224 cm³/mol. The molecule has 5 heterocycles. The highest BCUT2D eigenvalue weighted by Crippen LogP contribution is 2.26. The smallest absolute Gasteiger partial charge is 0.337 e. The third-order valence-electron chi connectivity index (χ3n) is 11.3. The van der Waals surface area contributed by atoms with E-state index in [-0.39, 0.29) is 58.7 Å². The van der Waals surface area contributed by atoms with Crippen molar-refractivity contribution < 1.29 is 29.4 Å². The predicted octanol–water partition coefficient (Wildman–Crippen LogP) is 5.78. The van der Waals surface area contributed by atoms with Gasteiger partial charge >= 0.3 is 11.9 Å². The molecule has 6 aromatic rings. The Balaban J connectivity index is 0.000000192. The van der Waals surface area contributed by atoms with Crippen molar-refractivity contribution in [3.05, 3.63) is 88.1 Å². The molecule has 0 saturated carbocycles. The fraction of sp³-hybridized carbons (Fsp3) is 0.405. The van der Waals surface area contributed by atoms with E-state index in [1.807, 2.05) is 12.1 Å². The van der Waals surface area contributed by atoms with Crippen LogP contribution in [0.15, 0.2) is 54.6 Å². The highest BCUT2D eigenvalue weighted by atomic mass is 35.5. The van der Waals surface area contributed by atoms with Crippen LogP contribution in [0.3, 0.4) is 0 Å². The van der Waals surface area contributed by atoms with Gasteiger partial charge in [0.15, 0.2) is 11.6 Å². The molecule has 3 aromatic heterocycles. The number of aromatic carboxylic acids is 2. The Morgan fingerprint density at radius 2 is 1.36 bits per heavy atom. The Bertz CT molecular complexity index is 2510. The number of hydrogen-bond donors (Lipinski definition) is 6. The molecule has 0 unspecified atom stereocenters. The van der Waals surface area contributed by atoms with E-state index in [0.29, 0.717) is 33.7 Å². The molecule has 0 aliphatic carbocycles. The summed E-state index contributed by atoms with van der Waals surface area (Å²) in [6, 6.07) is 16.3. The summed E-state index contributed by atoms with van der Waals surface area (Å²) in [5, 5.41) is 33.8. The van der Waals surface area contributed by atoms with Gasteiger partial charge in [-0.2, -0.15) is 5.10 Å². The Morgan fingerprint density at radius 3 is 1.95 bits per heavy atom. The Hall–Kier alpha value is -5.84. The SMILES string of the molecule is CC(C)N1CCC(NC(=O)c2nc3c(C(=O)O)cccc3[nH]2)CC1.CC(C)N1CCC(NC(=O)c2nc3c(C(=O)O)cccc3n2Cc2[nH]nc3ccc(Cl)cc23)CC1. The van der Waals surface area contributed by atoms with E-state index < -0.39 is 11.9 Å². The highest BCUT2D eigenvalue weighted by Gasteiger charge is 2.28. The number of benzene rings is 3. The fourth-order valence-electron chi connectivity index (χ4n) is 7.90. The highest BCUT2D eigenvalue weighted by molar-refractivity contribution is 6.31. The molecule has 2 saturated heterocycles. The Kier molecular flexibility index (Phi) is 12.3. The van der Waals surface area contributed by atoms with E-state index in [0.717, 1.165) is 68.5 Å². The van der Waals surface area contributed by atoms with Crippen molar-refractivity contribution in [3.63, 3.8) is 0 Å². The van der Waals surface area contributed by atoms with Gasteiger partial charge < -0.3 is 40.2 Å². The number of amides is 2. The maximum Gasteiger partial charge on any atom is 0.337 e. The second-order valence-electron chi connectivity index (χ2n) is 15.7. The number of rotatable bonds is 10. The van der Waals surface area contributed by atoms with Crippen molar-refractivity contribution in [1.29, 1.82) is 0 Å². The topological polar surface area (TPSA) is 214 Å². The molecular formula is C42H49ClN10O6. The summed E-state index contributed by atoms with van der Waals surface area (Å²) in [5.74, 6) is -2.42. The van der Waals surface area contributed by atoms with Crippen molar-refractivity contribution in [2.45, 2.75) is 84.1 Å². The first-order valence-corrected chi connectivity index (χ1v) is 20.3. The van der Waals surface area contributed by atoms with Crippen molar-refractivity contribution in [2.75, 3.05) is 26.2 Å². The zero-order valence-corrected chi connectivity index (χ0v) is 34.2. The van der Waals surface area contributed by atoms with E-state index in [9.17, 15) is 29.4 Å². The van der Waals surface area contributed by atoms with Gasteiger partial charge in [0, 0.05) is 60.8 Å². The lowest BCUT2D eigenvalue weighted by Gasteiger charge is -2.34. The molecule has 2 fully saturated rings. The van der Waals surface area contributed by atoms with Gasteiger partial charge in [-0.3, -0.25) is 14.7 Å². The van der Waals surface area contributed by atoms with Crippen molar-refractivity contribution >= 4 is 68.3 Å². The van der Waals surface area contributed by atoms with Crippen LogP contribution in [0.2, 0.25) is 5.02 Å². The molecule has 17 heteroatoms. The average molecular weight is 825 g/mol. The number of aromatic amines is 2. The van der Waals surface area contributed by atoms with Crippen LogP contribution in [0.5, 0.6) is 0 Å². The minimum Gasteiger partial charge on any atom is -0.478 e. The number of halogens is 1. The van der Waals surface area contributed by atoms with E-state index >= 15 is 0 Å². The van der Waals surface area contributed by atoms with E-state index in [2.05, 4.69) is 73.3 Å². The number of hydrogen-bond acceptors (Lipinski definition) is 9. The number of piperidine rings is 2.